The van der Waals surface area contributed by atoms with Crippen LogP contribution < -0.4 is 11.1 Å². The minimum atomic E-state index is -0.262. The minimum Gasteiger partial charge on any atom is -0.344 e. The van der Waals surface area contributed by atoms with Crippen molar-refractivity contribution in [2.75, 3.05) is 6.54 Å². The van der Waals surface area contributed by atoms with Gasteiger partial charge in [0.15, 0.2) is 0 Å². The Labute approximate surface area is 108 Å². The van der Waals surface area contributed by atoms with E-state index in [0.29, 0.717) is 18.2 Å². The van der Waals surface area contributed by atoms with Crippen molar-refractivity contribution in [1.82, 2.24) is 15.5 Å². The van der Waals surface area contributed by atoms with Crippen LogP contribution in [0.15, 0.2) is 6.07 Å². The Bertz CT molecular complexity index is 428. The smallest absolute Gasteiger partial charge is 0.272 e. The third kappa shape index (κ3) is 2.41. The molecular formula is C13H22N4O. The van der Waals surface area contributed by atoms with Crippen LogP contribution in [0.2, 0.25) is 0 Å². The Morgan fingerprint density at radius 1 is 1.67 bits per heavy atom. The number of aromatic nitrogens is 2. The first-order valence-electron chi connectivity index (χ1n) is 6.62. The van der Waals surface area contributed by atoms with Crippen molar-refractivity contribution in [3.05, 3.63) is 17.5 Å². The molecule has 1 heterocycles. The van der Waals surface area contributed by atoms with Crippen LogP contribution >= 0.6 is 0 Å². The summed E-state index contributed by atoms with van der Waals surface area (Å²) >= 11 is 0. The fourth-order valence-corrected chi connectivity index (χ4v) is 2.78. The Morgan fingerprint density at radius 2 is 2.44 bits per heavy atom. The lowest BCUT2D eigenvalue weighted by atomic mass is 9.73. The maximum absolute atomic E-state index is 12.2. The zero-order valence-electron chi connectivity index (χ0n) is 11.1. The minimum absolute atomic E-state index is 0.126. The molecule has 1 saturated carbocycles. The highest BCUT2D eigenvalue weighted by Crippen LogP contribution is 2.33. The molecule has 0 bridgehead atoms. The summed E-state index contributed by atoms with van der Waals surface area (Å²) in [6.45, 7) is 4.54. The quantitative estimate of drug-likeness (QED) is 0.757. The number of nitrogens with zero attached hydrogens (tertiary/aromatic N) is 1. The van der Waals surface area contributed by atoms with Crippen LogP contribution in [0.1, 0.15) is 48.8 Å². The molecule has 5 heteroatoms. The molecular weight excluding hydrogens is 228 g/mol. The molecule has 0 aromatic carbocycles. The number of nitrogens with two attached hydrogens (primary N) is 1. The van der Waals surface area contributed by atoms with E-state index < -0.39 is 0 Å². The fourth-order valence-electron chi connectivity index (χ4n) is 2.78. The van der Waals surface area contributed by atoms with Gasteiger partial charge in [-0.05, 0) is 31.7 Å². The van der Waals surface area contributed by atoms with Gasteiger partial charge in [0.2, 0.25) is 0 Å². The number of H-pyrrole nitrogens is 1. The molecule has 2 rings (SSSR count). The van der Waals surface area contributed by atoms with E-state index in [1.165, 1.54) is 6.42 Å². The van der Waals surface area contributed by atoms with Gasteiger partial charge in [-0.15, -0.1) is 0 Å². The predicted molar refractivity (Wildman–Crippen MR) is 70.2 cm³/mol. The molecule has 1 fully saturated rings. The van der Waals surface area contributed by atoms with Crippen LogP contribution in [0, 0.1) is 12.8 Å². The number of amides is 1. The van der Waals surface area contributed by atoms with E-state index in [-0.39, 0.29) is 11.4 Å². The molecule has 0 saturated heterocycles. The van der Waals surface area contributed by atoms with Gasteiger partial charge in [0.05, 0.1) is 5.54 Å². The molecule has 1 aromatic heterocycles. The van der Waals surface area contributed by atoms with Crippen LogP contribution in [0.3, 0.4) is 0 Å². The van der Waals surface area contributed by atoms with Crippen molar-refractivity contribution in [3.8, 4) is 0 Å². The third-order valence-electron chi connectivity index (χ3n) is 4.12. The average Bonchev–Trinajstić information content (AvgIpc) is 2.79. The summed E-state index contributed by atoms with van der Waals surface area (Å²) in [4.78, 5) is 12.2. The summed E-state index contributed by atoms with van der Waals surface area (Å²) in [5.41, 5.74) is 6.99. The zero-order chi connectivity index (χ0) is 13.2. The molecule has 2 unspecified atom stereocenters. The summed E-state index contributed by atoms with van der Waals surface area (Å²) in [5.74, 6) is 0.291. The fraction of sp³-hybridized carbons (Fsp3) is 0.692. The molecule has 5 nitrogen and oxygen atoms in total. The monoisotopic (exact) mass is 250 g/mol. The van der Waals surface area contributed by atoms with Crippen LogP contribution in [0.5, 0.6) is 0 Å². The second kappa shape index (κ2) is 5.10. The van der Waals surface area contributed by atoms with Gasteiger partial charge in [-0.25, -0.2) is 0 Å². The Morgan fingerprint density at radius 3 is 3.00 bits per heavy atom. The van der Waals surface area contributed by atoms with Gasteiger partial charge in [-0.1, -0.05) is 19.8 Å². The largest absolute Gasteiger partial charge is 0.344 e. The van der Waals surface area contributed by atoms with Crippen molar-refractivity contribution in [2.45, 2.75) is 45.1 Å². The highest BCUT2D eigenvalue weighted by molar-refractivity contribution is 5.92. The van der Waals surface area contributed by atoms with E-state index in [1.807, 2.05) is 6.92 Å². The van der Waals surface area contributed by atoms with Gasteiger partial charge in [0.1, 0.15) is 5.69 Å². The number of nitrogens with one attached hydrogen (secondary N) is 2. The Balaban J connectivity index is 2.12. The number of rotatable bonds is 3. The number of aromatic amines is 1. The molecule has 18 heavy (non-hydrogen) atoms. The molecule has 1 amide bonds. The third-order valence-corrected chi connectivity index (χ3v) is 4.12. The molecule has 0 radical (unpaired) electrons. The van der Waals surface area contributed by atoms with Gasteiger partial charge in [-0.2, -0.15) is 5.10 Å². The highest BCUT2D eigenvalue weighted by atomic mass is 16.2. The molecule has 0 aliphatic heterocycles. The second-order valence-corrected chi connectivity index (χ2v) is 5.40. The molecule has 0 spiro atoms. The van der Waals surface area contributed by atoms with E-state index in [9.17, 15) is 4.79 Å². The topological polar surface area (TPSA) is 83.8 Å². The zero-order valence-corrected chi connectivity index (χ0v) is 11.1. The second-order valence-electron chi connectivity index (χ2n) is 5.40. The van der Waals surface area contributed by atoms with Crippen molar-refractivity contribution >= 4 is 5.91 Å². The lowest BCUT2D eigenvalue weighted by Gasteiger charge is -2.42. The Kier molecular flexibility index (Phi) is 3.71. The number of hydrogen-bond donors (Lipinski definition) is 3. The van der Waals surface area contributed by atoms with Crippen molar-refractivity contribution in [3.63, 3.8) is 0 Å². The summed E-state index contributed by atoms with van der Waals surface area (Å²) in [6, 6.07) is 1.76. The first-order valence-corrected chi connectivity index (χ1v) is 6.62. The first-order chi connectivity index (χ1) is 8.57. The summed E-state index contributed by atoms with van der Waals surface area (Å²) in [6.07, 6.45) is 4.43. The predicted octanol–water partition coefficient (Wildman–Crippen LogP) is 1.36. The maximum Gasteiger partial charge on any atom is 0.272 e. The summed E-state index contributed by atoms with van der Waals surface area (Å²) < 4.78 is 0. The molecule has 1 aliphatic rings. The van der Waals surface area contributed by atoms with Crippen LogP contribution in [0.25, 0.3) is 0 Å². The van der Waals surface area contributed by atoms with E-state index in [0.717, 1.165) is 25.0 Å². The number of carbonyl (C=O) groups excluding carboxylic acids is 1. The van der Waals surface area contributed by atoms with E-state index >= 15 is 0 Å². The SMILES string of the molecule is Cc1cc(C(=O)NC2(CN)CCCCC2C)n[nH]1. The number of hydrogen-bond acceptors (Lipinski definition) is 3. The summed E-state index contributed by atoms with van der Waals surface area (Å²) in [7, 11) is 0. The standard InChI is InChI=1S/C13H22N4O/c1-9-5-3-4-6-13(9,8-14)15-12(18)11-7-10(2)16-17-11/h7,9H,3-6,8,14H2,1-2H3,(H,15,18)(H,16,17). The lowest BCUT2D eigenvalue weighted by Crippen LogP contribution is -2.59. The highest BCUT2D eigenvalue weighted by Gasteiger charge is 2.38. The summed E-state index contributed by atoms with van der Waals surface area (Å²) in [5, 5.41) is 9.90. The Hall–Kier alpha value is -1.36. The normalized spacial score (nSPS) is 28.1. The molecule has 1 aromatic rings. The van der Waals surface area contributed by atoms with Gasteiger partial charge < -0.3 is 11.1 Å². The van der Waals surface area contributed by atoms with Crippen molar-refractivity contribution < 1.29 is 4.79 Å². The molecule has 1 aliphatic carbocycles. The van der Waals surface area contributed by atoms with Gasteiger partial charge >= 0.3 is 0 Å². The van der Waals surface area contributed by atoms with E-state index in [1.54, 1.807) is 6.07 Å². The number of carbonyl (C=O) groups is 1. The molecule has 4 N–H and O–H groups in total. The van der Waals surface area contributed by atoms with E-state index in [2.05, 4.69) is 22.4 Å². The van der Waals surface area contributed by atoms with Crippen molar-refractivity contribution in [1.29, 1.82) is 0 Å². The molecule has 2 atom stereocenters. The van der Waals surface area contributed by atoms with Crippen LogP contribution in [-0.4, -0.2) is 28.2 Å². The van der Waals surface area contributed by atoms with Gasteiger partial charge in [0.25, 0.3) is 5.91 Å². The van der Waals surface area contributed by atoms with Gasteiger partial charge in [0, 0.05) is 12.2 Å². The maximum atomic E-state index is 12.2. The average molecular weight is 250 g/mol. The first kappa shape index (κ1) is 13.1. The lowest BCUT2D eigenvalue weighted by molar-refractivity contribution is 0.0807. The number of aryl methyl sites for hydroxylation is 1. The van der Waals surface area contributed by atoms with E-state index in [4.69, 9.17) is 5.73 Å². The molecule has 100 valence electrons. The van der Waals surface area contributed by atoms with Gasteiger partial charge in [-0.3, -0.25) is 9.89 Å². The van der Waals surface area contributed by atoms with Crippen LogP contribution in [0.4, 0.5) is 0 Å². The van der Waals surface area contributed by atoms with Crippen molar-refractivity contribution in [2.24, 2.45) is 11.7 Å². The van der Waals surface area contributed by atoms with Crippen LogP contribution in [-0.2, 0) is 0 Å².